The predicted octanol–water partition coefficient (Wildman–Crippen LogP) is 15.0. The van der Waals surface area contributed by atoms with E-state index in [4.69, 9.17) is 0 Å². The molecule has 1 heterocycles. The van der Waals surface area contributed by atoms with Crippen molar-refractivity contribution in [3.63, 3.8) is 0 Å². The van der Waals surface area contributed by atoms with Crippen LogP contribution in [0.4, 0.5) is 105 Å². The number of rotatable bonds is 7. The molecule has 0 radical (unpaired) electrons. The van der Waals surface area contributed by atoms with Gasteiger partial charge in [-0.2, -0.15) is 132 Å². The molecular weight excluding hydrogens is 1080 g/mol. The lowest BCUT2D eigenvalue weighted by atomic mass is 9.12. The van der Waals surface area contributed by atoms with Gasteiger partial charge in [0.1, 0.15) is 6.15 Å². The highest BCUT2D eigenvalue weighted by atomic mass is 19.4. The van der Waals surface area contributed by atoms with Crippen LogP contribution >= 0.6 is 0 Å². The molecule has 6 aromatic carbocycles. The van der Waals surface area contributed by atoms with Gasteiger partial charge in [-0.05, 0) is 36.4 Å². The van der Waals surface area contributed by atoms with Crippen LogP contribution < -0.4 is 26.4 Å². The zero-order valence-corrected chi connectivity index (χ0v) is 37.4. The molecule has 0 saturated carbocycles. The van der Waals surface area contributed by atoms with Crippen molar-refractivity contribution in [2.75, 3.05) is 0 Å². The van der Waals surface area contributed by atoms with Crippen molar-refractivity contribution in [2.45, 2.75) is 56.0 Å². The summed E-state index contributed by atoms with van der Waals surface area (Å²) in [6.07, 6.45) is -52.9. The molecule has 0 spiro atoms. The highest BCUT2D eigenvalue weighted by Crippen LogP contribution is 2.41. The van der Waals surface area contributed by atoms with Crippen molar-refractivity contribution in [3.05, 3.63) is 202 Å². The molecule has 404 valence electrons. The molecule has 1 aromatic heterocycles. The van der Waals surface area contributed by atoms with E-state index in [0.29, 0.717) is 0 Å². The van der Waals surface area contributed by atoms with Gasteiger partial charge >= 0.3 is 49.4 Å². The van der Waals surface area contributed by atoms with Crippen molar-refractivity contribution < 1.29 is 110 Å². The number of aromatic nitrogens is 1. The lowest BCUT2D eigenvalue weighted by Gasteiger charge is -2.46. The molecule has 0 aliphatic heterocycles. The summed E-state index contributed by atoms with van der Waals surface area (Å²) >= 11 is 0. The molecular formula is C50H28BF24N. The Labute approximate surface area is 412 Å². The largest absolute Gasteiger partial charge is 0.416 e. The zero-order chi connectivity index (χ0) is 57.0. The van der Waals surface area contributed by atoms with Crippen LogP contribution in [0.1, 0.15) is 55.8 Å². The topological polar surface area (TPSA) is 3.88 Å². The number of fused-ring (bicyclic) bond motifs is 1. The normalized spacial score (nSPS) is 13.4. The maximum absolute atomic E-state index is 14.2. The average Bonchev–Trinajstić information content (AvgIpc) is 3.30. The summed E-state index contributed by atoms with van der Waals surface area (Å²) < 4.78 is 343. The molecule has 0 aliphatic rings. The van der Waals surface area contributed by atoms with Gasteiger partial charge in [0, 0.05) is 29.2 Å². The third-order valence-corrected chi connectivity index (χ3v) is 11.8. The molecule has 76 heavy (non-hydrogen) atoms. The van der Waals surface area contributed by atoms with Crippen molar-refractivity contribution in [1.29, 1.82) is 0 Å². The maximum Gasteiger partial charge on any atom is 0.416 e. The summed E-state index contributed by atoms with van der Waals surface area (Å²) in [6.45, 7) is 4.78. The number of pyridine rings is 1. The molecule has 0 unspecified atom stereocenters. The van der Waals surface area contributed by atoms with E-state index in [2.05, 4.69) is 71.8 Å². The first-order valence-corrected chi connectivity index (χ1v) is 21.1. The smallest absolute Gasteiger partial charge is 0.194 e. The minimum atomic E-state index is -6.13. The van der Waals surface area contributed by atoms with Gasteiger partial charge in [-0.25, -0.2) is 0 Å². The first-order valence-electron chi connectivity index (χ1n) is 21.1. The number of hydrogen-bond acceptors (Lipinski definition) is 0. The van der Waals surface area contributed by atoms with Crippen LogP contribution in [-0.2, 0) is 56.0 Å². The second-order valence-electron chi connectivity index (χ2n) is 16.8. The number of alkyl halides is 24. The third kappa shape index (κ3) is 12.7. The molecule has 1 nitrogen and oxygen atoms in total. The SMILES string of the molecule is C=Cc1ccc2ccccc2[n+]1Cc1ccccc1.FC(F)(F)c1cc([B-](c2cc(C(F)(F)F)cc(C(F)(F)F)c2)(c2cc(C(F)(F)F)cc(C(F)(F)F)c2)c2cc(C(F)(F)F)cc(C(F)(F)F)c2)cc(C(F)(F)F)c1. The molecule has 0 bridgehead atoms. The van der Waals surface area contributed by atoms with Gasteiger partial charge in [-0.15, -0.1) is 0 Å². The van der Waals surface area contributed by atoms with E-state index in [0.717, 1.165) is 12.2 Å². The highest BCUT2D eigenvalue weighted by Gasteiger charge is 2.47. The Bertz CT molecular complexity index is 2810. The summed E-state index contributed by atoms with van der Waals surface area (Å²) in [5, 5.41) is 1.25. The van der Waals surface area contributed by atoms with Gasteiger partial charge in [0.05, 0.1) is 44.5 Å². The molecule has 0 amide bonds. The summed E-state index contributed by atoms with van der Waals surface area (Å²) in [7, 11) is 0. The van der Waals surface area contributed by atoms with Gasteiger partial charge < -0.3 is 0 Å². The Balaban J connectivity index is 0.000000408. The van der Waals surface area contributed by atoms with E-state index >= 15 is 0 Å². The van der Waals surface area contributed by atoms with Crippen molar-refractivity contribution >= 4 is 45.0 Å². The van der Waals surface area contributed by atoms with Crippen LogP contribution in [0.5, 0.6) is 0 Å². The molecule has 0 fully saturated rings. The Kier molecular flexibility index (Phi) is 15.4. The van der Waals surface area contributed by atoms with Crippen LogP contribution in [0.25, 0.3) is 17.0 Å². The van der Waals surface area contributed by atoms with Gasteiger partial charge in [-0.1, -0.05) is 97.6 Å². The fourth-order valence-corrected chi connectivity index (χ4v) is 8.47. The number of hydrogen-bond donors (Lipinski definition) is 0. The van der Waals surface area contributed by atoms with Crippen LogP contribution in [0.15, 0.2) is 146 Å². The van der Waals surface area contributed by atoms with Gasteiger partial charge in [0.2, 0.25) is 11.2 Å². The summed E-state index contributed by atoms with van der Waals surface area (Å²) in [6, 6.07) is 14.4. The second-order valence-corrected chi connectivity index (χ2v) is 16.8. The molecule has 0 N–H and O–H groups in total. The van der Waals surface area contributed by atoms with E-state index in [1.165, 1.54) is 16.5 Å². The molecule has 7 rings (SSSR count). The number of halogens is 24. The summed E-state index contributed by atoms with van der Waals surface area (Å²) in [5.41, 5.74) is -26.5. The minimum absolute atomic E-state index is 0.691. The van der Waals surface area contributed by atoms with E-state index in [1.807, 2.05) is 12.1 Å². The molecule has 26 heteroatoms. The number of para-hydroxylation sites is 1. The molecule has 0 aliphatic carbocycles. The van der Waals surface area contributed by atoms with E-state index in [-0.39, 0.29) is 0 Å². The second kappa shape index (κ2) is 20.1. The summed E-state index contributed by atoms with van der Waals surface area (Å²) in [5.74, 6) is 0. The summed E-state index contributed by atoms with van der Waals surface area (Å²) in [4.78, 5) is 0. The van der Waals surface area contributed by atoms with E-state index in [1.54, 1.807) is 0 Å². The van der Waals surface area contributed by atoms with E-state index < -0.39 is 195 Å². The fourth-order valence-electron chi connectivity index (χ4n) is 8.47. The first-order chi connectivity index (χ1) is 34.6. The zero-order valence-electron chi connectivity index (χ0n) is 37.4. The average molecular weight is 1110 g/mol. The van der Waals surface area contributed by atoms with Crippen molar-refractivity contribution in [2.24, 2.45) is 0 Å². The molecule has 7 aromatic rings. The van der Waals surface area contributed by atoms with Gasteiger partial charge in [-0.3, -0.25) is 0 Å². The van der Waals surface area contributed by atoms with Crippen LogP contribution in [0.3, 0.4) is 0 Å². The minimum Gasteiger partial charge on any atom is -0.194 e. The lowest BCUT2D eigenvalue weighted by molar-refractivity contribution is -0.664. The number of benzene rings is 6. The van der Waals surface area contributed by atoms with Crippen molar-refractivity contribution in [1.82, 2.24) is 0 Å². The van der Waals surface area contributed by atoms with Gasteiger partial charge in [0.15, 0.2) is 6.54 Å². The Morgan fingerprint density at radius 1 is 0.329 bits per heavy atom. The van der Waals surface area contributed by atoms with Crippen LogP contribution in [0.2, 0.25) is 0 Å². The molecule has 0 saturated heterocycles. The van der Waals surface area contributed by atoms with Gasteiger partial charge in [0.25, 0.3) is 0 Å². The Hall–Kier alpha value is -7.15. The van der Waals surface area contributed by atoms with Crippen LogP contribution in [-0.4, -0.2) is 6.15 Å². The van der Waals surface area contributed by atoms with Crippen molar-refractivity contribution in [3.8, 4) is 0 Å². The Morgan fingerprint density at radius 3 is 0.855 bits per heavy atom. The molecule has 0 atom stereocenters. The monoisotopic (exact) mass is 1110 g/mol. The van der Waals surface area contributed by atoms with Crippen LogP contribution in [0, 0.1) is 0 Å². The third-order valence-electron chi connectivity index (χ3n) is 11.8. The predicted molar refractivity (Wildman–Crippen MR) is 230 cm³/mol. The lowest BCUT2D eigenvalue weighted by Crippen LogP contribution is -2.75. The fraction of sp³-hybridized carbons (Fsp3) is 0.180. The first kappa shape index (κ1) is 58.1. The number of nitrogens with zero attached hydrogens (tertiary/aromatic N) is 1. The highest BCUT2D eigenvalue weighted by molar-refractivity contribution is 7.20. The Morgan fingerprint density at radius 2 is 0.592 bits per heavy atom. The van der Waals surface area contributed by atoms with E-state index in [9.17, 15) is 105 Å². The quantitative estimate of drug-likeness (QED) is 0.0851. The maximum atomic E-state index is 14.2. The standard InChI is InChI=1S/C32H12BF24.C18H16N/c34-25(35,36)13-1-14(26(37,38)39)6-21(5-13)33(22-7-15(27(40,41)42)2-16(8-22)28(43,44)45,23-9-17(29(46,47)48)3-18(10-23)30(49,50)51)24-11-19(31(52,53)54)4-20(12-24)32(55,56)57;1-2-17-13-12-16-10-6-7-11-18(16)19(17)14-15-8-4-3-5-9-15/h1-12H;2-13H,1,14H2/q-1;+1.